The van der Waals surface area contributed by atoms with Gasteiger partial charge in [-0.2, -0.15) is 0 Å². The standard InChI is InChI=1S/C11H15NO5.C9H13NO4.C9H11NO4.C7H9NO3.C2H6O2.B.Na.H/c1-4-14-10(13)9-8(7(2)17-12-9)11(3)15-5-6-16-11;1-6-8(7(5-11)10-14-6)9(2)12-3-4-13-9;1-4-13-9(12)8-7(5(2)11)6(3)14-10-8;1-4(10)7-5(2)11-8-6(7)3-9;3-1-2-4;;;/h4-6H2,1-3H3;11H,3-5H2,1-2H3;4H2,1-3H3;9H,3H2,1-2H3;3-4H,1-2H2;;;/q;;;;;;+1;-1. The molecule has 2 aliphatic heterocycles. The number of carbonyl (C=O) groups excluding carboxylic acids is 4. The summed E-state index contributed by atoms with van der Waals surface area (Å²) in [5, 5.41) is 47.5. The number of aliphatic hydroxyl groups is 4. The van der Waals surface area contributed by atoms with Gasteiger partial charge in [0.1, 0.15) is 34.4 Å². The Kier molecular flexibility index (Phi) is 26.0. The van der Waals surface area contributed by atoms with Crippen molar-refractivity contribution in [3.05, 3.63) is 68.1 Å². The fourth-order valence-corrected chi connectivity index (χ4v) is 5.77. The minimum absolute atomic E-state index is 0. The van der Waals surface area contributed by atoms with Gasteiger partial charge in [0.05, 0.1) is 88.3 Å². The average molecular weight is 890 g/mol. The Morgan fingerprint density at radius 1 is 0.581 bits per heavy atom. The Bertz CT molecular complexity index is 2000. The molecule has 0 aliphatic carbocycles. The number of aliphatic hydroxyl groups excluding tert-OH is 4. The van der Waals surface area contributed by atoms with E-state index >= 15 is 0 Å². The van der Waals surface area contributed by atoms with Crippen molar-refractivity contribution in [2.24, 2.45) is 0 Å². The second kappa shape index (κ2) is 27.8. The third kappa shape index (κ3) is 15.3. The summed E-state index contributed by atoms with van der Waals surface area (Å²) in [5.41, 5.74) is 2.68. The molecule has 2 aliphatic rings. The largest absolute Gasteiger partial charge is 1.00 e. The number of aromatic nitrogens is 4. The summed E-state index contributed by atoms with van der Waals surface area (Å²) < 4.78 is 51.1. The van der Waals surface area contributed by atoms with Crippen LogP contribution in [0.4, 0.5) is 0 Å². The average Bonchev–Trinajstić information content (AvgIpc) is 4.08. The molecule has 0 bridgehead atoms. The molecule has 24 heteroatoms. The summed E-state index contributed by atoms with van der Waals surface area (Å²) in [6.45, 7) is 18.3. The number of aryl methyl sites for hydroxylation is 4. The van der Waals surface area contributed by atoms with Crippen LogP contribution in [0.25, 0.3) is 0 Å². The van der Waals surface area contributed by atoms with Crippen LogP contribution in [0.15, 0.2) is 18.1 Å². The van der Waals surface area contributed by atoms with Crippen molar-refractivity contribution in [1.29, 1.82) is 0 Å². The van der Waals surface area contributed by atoms with Crippen LogP contribution in [0.5, 0.6) is 0 Å². The van der Waals surface area contributed by atoms with E-state index in [0.717, 1.165) is 0 Å². The van der Waals surface area contributed by atoms with E-state index in [0.29, 0.717) is 77.5 Å². The van der Waals surface area contributed by atoms with Gasteiger partial charge >= 0.3 is 41.5 Å². The summed E-state index contributed by atoms with van der Waals surface area (Å²) in [7, 11) is 0. The van der Waals surface area contributed by atoms with Crippen LogP contribution < -0.4 is 29.6 Å². The molecule has 22 nitrogen and oxygen atoms in total. The summed E-state index contributed by atoms with van der Waals surface area (Å²) in [6.07, 6.45) is 0. The summed E-state index contributed by atoms with van der Waals surface area (Å²) in [4.78, 5) is 45.1. The Hall–Kier alpha value is -4.14. The number of carbonyl (C=O) groups is 4. The van der Waals surface area contributed by atoms with E-state index in [9.17, 15) is 19.2 Å². The van der Waals surface area contributed by atoms with Crippen molar-refractivity contribution in [2.75, 3.05) is 52.9 Å². The van der Waals surface area contributed by atoms with Crippen LogP contribution in [0.2, 0.25) is 0 Å². The molecule has 0 saturated carbocycles. The van der Waals surface area contributed by atoms with Crippen LogP contribution in [-0.4, -0.2) is 126 Å². The van der Waals surface area contributed by atoms with E-state index in [1.165, 1.54) is 13.8 Å². The Balaban J connectivity index is 0. The van der Waals surface area contributed by atoms with Crippen LogP contribution in [0, 0.1) is 27.7 Å². The first-order chi connectivity index (χ1) is 28.4. The van der Waals surface area contributed by atoms with Crippen molar-refractivity contribution >= 4 is 31.9 Å². The van der Waals surface area contributed by atoms with Gasteiger partial charge in [0.2, 0.25) is 5.69 Å². The fourth-order valence-electron chi connectivity index (χ4n) is 5.77. The Morgan fingerprint density at radius 3 is 1.35 bits per heavy atom. The maximum absolute atomic E-state index is 11.7. The second-order valence-corrected chi connectivity index (χ2v) is 12.6. The molecule has 4 N–H and O–H groups in total. The smallest absolute Gasteiger partial charge is 1.00 e. The van der Waals surface area contributed by atoms with Crippen LogP contribution >= 0.6 is 0 Å². The molecule has 3 radical (unpaired) electrons. The first kappa shape index (κ1) is 57.9. The maximum Gasteiger partial charge on any atom is 1.00 e. The SMILES string of the molecule is CC(=O)c1c(CO)noc1C.CCOC(=O)c1noc(C)c1C(C)=O.CCOC(=O)c1noc(C)c1C1(C)OCCO1.Cc1onc(CO)c1C1(C)OCCO1.OCCO.[B].[H-].[Na+]. The number of nitrogens with zero attached hydrogens (tertiary/aromatic N) is 4. The van der Waals surface area contributed by atoms with Gasteiger partial charge in [0, 0.05) is 8.41 Å². The molecule has 6 rings (SSSR count). The molecule has 4 aromatic heterocycles. The van der Waals surface area contributed by atoms with E-state index in [-0.39, 0.29) is 108 Å². The van der Waals surface area contributed by atoms with E-state index in [2.05, 4.69) is 20.6 Å². The van der Waals surface area contributed by atoms with Crippen LogP contribution in [0.1, 0.15) is 130 Å². The molecule has 0 aromatic carbocycles. The van der Waals surface area contributed by atoms with Crippen LogP contribution in [0.3, 0.4) is 0 Å². The van der Waals surface area contributed by atoms with E-state index in [1.807, 2.05) is 0 Å². The van der Waals surface area contributed by atoms with Gasteiger partial charge in [-0.25, -0.2) is 9.59 Å². The predicted octanol–water partition coefficient (Wildman–Crippen LogP) is -0.179. The van der Waals surface area contributed by atoms with Gasteiger partial charge in [-0.1, -0.05) is 20.6 Å². The molecule has 0 amide bonds. The van der Waals surface area contributed by atoms with E-state index in [1.54, 1.807) is 55.4 Å². The molecule has 6 heterocycles. The molecule has 339 valence electrons. The first-order valence-electron chi connectivity index (χ1n) is 18.6. The monoisotopic (exact) mass is 889 g/mol. The van der Waals surface area contributed by atoms with Gasteiger partial charge in [-0.05, 0) is 69.2 Å². The minimum Gasteiger partial charge on any atom is -1.00 e. The second-order valence-electron chi connectivity index (χ2n) is 12.6. The summed E-state index contributed by atoms with van der Waals surface area (Å²) >= 11 is 0. The molecule has 0 spiro atoms. The molecule has 4 aromatic rings. The molecule has 2 fully saturated rings. The maximum atomic E-state index is 11.7. The quantitative estimate of drug-likeness (QED) is 0.0862. The molecular weight excluding hydrogens is 834 g/mol. The number of ketones is 2. The van der Waals surface area contributed by atoms with Crippen LogP contribution in [-0.2, 0) is 53.2 Å². The first-order valence-corrected chi connectivity index (χ1v) is 18.6. The number of ether oxygens (including phenoxy) is 6. The molecule has 0 unspecified atom stereocenters. The van der Waals surface area contributed by atoms with Gasteiger partial charge < -0.3 is 68.4 Å². The van der Waals surface area contributed by atoms with Gasteiger partial charge in [-0.3, -0.25) is 9.59 Å². The molecule has 62 heavy (non-hydrogen) atoms. The minimum atomic E-state index is -0.980. The topological polar surface area (TPSA) is 309 Å². The normalized spacial score (nSPS) is 14.1. The Labute approximate surface area is 383 Å². The summed E-state index contributed by atoms with van der Waals surface area (Å²) in [5.74, 6) is -1.43. The fraction of sp³-hybridized carbons (Fsp3) is 0.579. The zero-order valence-corrected chi connectivity index (χ0v) is 38.9. The number of hydrogen-bond donors (Lipinski definition) is 4. The van der Waals surface area contributed by atoms with Gasteiger partial charge in [0.25, 0.3) is 0 Å². The van der Waals surface area contributed by atoms with Crippen molar-refractivity contribution < 1.29 is 117 Å². The van der Waals surface area contributed by atoms with Gasteiger partial charge in [0.15, 0.2) is 28.8 Å². The zero-order chi connectivity index (χ0) is 45.2. The van der Waals surface area contributed by atoms with Crippen molar-refractivity contribution in [3.8, 4) is 0 Å². The summed E-state index contributed by atoms with van der Waals surface area (Å²) in [6, 6.07) is 0. The molecule has 2 saturated heterocycles. The van der Waals surface area contributed by atoms with Crippen molar-refractivity contribution in [2.45, 2.75) is 94.0 Å². The van der Waals surface area contributed by atoms with E-state index in [4.69, 9.17) is 66.9 Å². The number of hydrogen-bond acceptors (Lipinski definition) is 22. The van der Waals surface area contributed by atoms with Crippen molar-refractivity contribution in [1.82, 2.24) is 20.6 Å². The van der Waals surface area contributed by atoms with Gasteiger partial charge in [-0.15, -0.1) is 0 Å². The number of rotatable bonds is 11. The number of Topliss-reactive ketones (excluding diaryl/α,β-unsaturated/α-hetero) is 2. The van der Waals surface area contributed by atoms with Crippen molar-refractivity contribution in [3.63, 3.8) is 0 Å². The number of esters is 2. The predicted molar refractivity (Wildman–Crippen MR) is 208 cm³/mol. The molecular formula is C38H55BN4NaO18. The Morgan fingerprint density at radius 2 is 0.935 bits per heavy atom. The third-order valence-corrected chi connectivity index (χ3v) is 8.22. The van der Waals surface area contributed by atoms with E-state index < -0.39 is 23.5 Å². The third-order valence-electron chi connectivity index (χ3n) is 8.22. The zero-order valence-electron chi connectivity index (χ0n) is 37.9. The molecule has 0 atom stereocenters.